The van der Waals surface area contributed by atoms with E-state index in [4.69, 9.17) is 16.3 Å². The quantitative estimate of drug-likeness (QED) is 0.558. The molecule has 1 unspecified atom stereocenters. The van der Waals surface area contributed by atoms with Crippen molar-refractivity contribution in [2.75, 3.05) is 5.88 Å². The third kappa shape index (κ3) is 3.37. The van der Waals surface area contributed by atoms with Crippen LogP contribution in [0.3, 0.4) is 0 Å². The summed E-state index contributed by atoms with van der Waals surface area (Å²) in [6, 6.07) is 24.7. The zero-order valence-electron chi connectivity index (χ0n) is 11.7. The molecule has 0 bridgehead atoms. The van der Waals surface area contributed by atoms with Gasteiger partial charge in [0.25, 0.3) is 0 Å². The monoisotopic (exact) mass is 296 g/mol. The van der Waals surface area contributed by atoms with E-state index in [1.807, 2.05) is 36.4 Å². The molecule has 0 aliphatic carbocycles. The molecule has 0 fully saturated rings. The molecule has 1 nitrogen and oxygen atoms in total. The molecule has 0 amide bonds. The molecule has 0 saturated carbocycles. The van der Waals surface area contributed by atoms with Crippen molar-refractivity contribution in [3.8, 4) is 5.75 Å². The van der Waals surface area contributed by atoms with E-state index in [1.165, 1.54) is 10.8 Å². The van der Waals surface area contributed by atoms with Crippen LogP contribution in [0.2, 0.25) is 0 Å². The Kier molecular flexibility index (Phi) is 4.42. The second-order valence-electron chi connectivity index (χ2n) is 5.00. The normalized spacial score (nSPS) is 12.2. The predicted molar refractivity (Wildman–Crippen MR) is 89.1 cm³/mol. The topological polar surface area (TPSA) is 9.23 Å². The summed E-state index contributed by atoms with van der Waals surface area (Å²) in [6.07, 6.45) is 0.781. The molecule has 0 saturated heterocycles. The summed E-state index contributed by atoms with van der Waals surface area (Å²) in [5.41, 5.74) is 1.16. The summed E-state index contributed by atoms with van der Waals surface area (Å²) in [5, 5.41) is 2.41. The standard InChI is InChI=1S/C19H17ClO/c20-13-12-19(16-7-2-1-3-8-16)21-18-11-10-15-6-4-5-9-17(15)14-18/h1-11,14,19H,12-13H2. The number of fused-ring (bicyclic) bond motifs is 1. The highest BCUT2D eigenvalue weighted by Crippen LogP contribution is 2.27. The van der Waals surface area contributed by atoms with Crippen molar-refractivity contribution in [2.45, 2.75) is 12.5 Å². The Morgan fingerprint density at radius 2 is 1.52 bits per heavy atom. The minimum absolute atomic E-state index is 0.00939. The van der Waals surface area contributed by atoms with Crippen LogP contribution in [0.4, 0.5) is 0 Å². The van der Waals surface area contributed by atoms with Gasteiger partial charge in [0.2, 0.25) is 0 Å². The Balaban J connectivity index is 1.87. The van der Waals surface area contributed by atoms with Gasteiger partial charge in [-0.25, -0.2) is 0 Å². The van der Waals surface area contributed by atoms with Crippen LogP contribution in [0.15, 0.2) is 72.8 Å². The molecule has 0 aliphatic heterocycles. The molecule has 106 valence electrons. The lowest BCUT2D eigenvalue weighted by Crippen LogP contribution is -2.08. The second-order valence-corrected chi connectivity index (χ2v) is 5.38. The van der Waals surface area contributed by atoms with Gasteiger partial charge in [-0.05, 0) is 28.5 Å². The molecule has 0 aliphatic rings. The van der Waals surface area contributed by atoms with Gasteiger partial charge in [-0.3, -0.25) is 0 Å². The lowest BCUT2D eigenvalue weighted by molar-refractivity contribution is 0.202. The van der Waals surface area contributed by atoms with Gasteiger partial charge in [-0.15, -0.1) is 11.6 Å². The van der Waals surface area contributed by atoms with E-state index in [9.17, 15) is 0 Å². The molecule has 3 aromatic carbocycles. The van der Waals surface area contributed by atoms with Crippen molar-refractivity contribution < 1.29 is 4.74 Å². The highest BCUT2D eigenvalue weighted by molar-refractivity contribution is 6.17. The summed E-state index contributed by atoms with van der Waals surface area (Å²) in [5.74, 6) is 1.46. The van der Waals surface area contributed by atoms with E-state index in [0.717, 1.165) is 17.7 Å². The maximum Gasteiger partial charge on any atom is 0.125 e. The molecule has 1 atom stereocenters. The molecule has 0 heterocycles. The van der Waals surface area contributed by atoms with Crippen LogP contribution < -0.4 is 4.74 Å². The number of ether oxygens (including phenoxy) is 1. The van der Waals surface area contributed by atoms with Gasteiger partial charge in [-0.2, -0.15) is 0 Å². The van der Waals surface area contributed by atoms with Gasteiger partial charge in [0.15, 0.2) is 0 Å². The molecular formula is C19H17ClO. The van der Waals surface area contributed by atoms with E-state index >= 15 is 0 Å². The van der Waals surface area contributed by atoms with Crippen molar-refractivity contribution in [1.29, 1.82) is 0 Å². The first-order chi connectivity index (χ1) is 10.4. The maximum atomic E-state index is 6.16. The smallest absolute Gasteiger partial charge is 0.125 e. The lowest BCUT2D eigenvalue weighted by atomic mass is 10.1. The number of halogens is 1. The molecule has 3 aromatic rings. The molecule has 2 heteroatoms. The summed E-state index contributed by atoms with van der Waals surface area (Å²) in [4.78, 5) is 0. The Labute approximate surface area is 130 Å². The summed E-state index contributed by atoms with van der Waals surface area (Å²) >= 11 is 5.93. The molecule has 0 aromatic heterocycles. The van der Waals surface area contributed by atoms with Crippen molar-refractivity contribution in [3.63, 3.8) is 0 Å². The third-order valence-corrected chi connectivity index (χ3v) is 3.76. The average Bonchev–Trinajstić information content (AvgIpc) is 2.55. The van der Waals surface area contributed by atoms with Crippen LogP contribution in [-0.2, 0) is 0 Å². The van der Waals surface area contributed by atoms with E-state index in [0.29, 0.717) is 5.88 Å². The summed E-state index contributed by atoms with van der Waals surface area (Å²) in [7, 11) is 0. The van der Waals surface area contributed by atoms with Crippen LogP contribution in [0, 0.1) is 0 Å². The minimum Gasteiger partial charge on any atom is -0.486 e. The average molecular weight is 297 g/mol. The molecule has 3 rings (SSSR count). The number of hydrogen-bond acceptors (Lipinski definition) is 1. The van der Waals surface area contributed by atoms with Crippen molar-refractivity contribution in [1.82, 2.24) is 0 Å². The van der Waals surface area contributed by atoms with Gasteiger partial charge < -0.3 is 4.74 Å². The van der Waals surface area contributed by atoms with Gasteiger partial charge in [0, 0.05) is 12.3 Å². The van der Waals surface area contributed by atoms with E-state index in [1.54, 1.807) is 0 Å². The Hall–Kier alpha value is -1.99. The van der Waals surface area contributed by atoms with Crippen LogP contribution in [0.25, 0.3) is 10.8 Å². The lowest BCUT2D eigenvalue weighted by Gasteiger charge is -2.19. The highest BCUT2D eigenvalue weighted by atomic mass is 35.5. The number of rotatable bonds is 5. The van der Waals surface area contributed by atoms with Gasteiger partial charge in [-0.1, -0.05) is 60.7 Å². The predicted octanol–water partition coefficient (Wildman–Crippen LogP) is 5.59. The Bertz CT molecular complexity index is 709. The first-order valence-electron chi connectivity index (χ1n) is 7.13. The van der Waals surface area contributed by atoms with Crippen LogP contribution in [-0.4, -0.2) is 5.88 Å². The number of hydrogen-bond donors (Lipinski definition) is 0. The highest BCUT2D eigenvalue weighted by Gasteiger charge is 2.12. The van der Waals surface area contributed by atoms with Gasteiger partial charge >= 0.3 is 0 Å². The first kappa shape index (κ1) is 14.0. The largest absolute Gasteiger partial charge is 0.486 e. The number of benzene rings is 3. The van der Waals surface area contributed by atoms with E-state index in [-0.39, 0.29) is 6.10 Å². The van der Waals surface area contributed by atoms with Gasteiger partial charge in [0.1, 0.15) is 11.9 Å². The minimum atomic E-state index is -0.00939. The van der Waals surface area contributed by atoms with Crippen molar-refractivity contribution >= 4 is 22.4 Å². The molecular weight excluding hydrogens is 280 g/mol. The Morgan fingerprint density at radius 3 is 2.29 bits per heavy atom. The van der Waals surface area contributed by atoms with Crippen LogP contribution >= 0.6 is 11.6 Å². The van der Waals surface area contributed by atoms with Crippen LogP contribution in [0.1, 0.15) is 18.1 Å². The van der Waals surface area contributed by atoms with Crippen molar-refractivity contribution in [2.24, 2.45) is 0 Å². The fourth-order valence-corrected chi connectivity index (χ4v) is 2.66. The first-order valence-corrected chi connectivity index (χ1v) is 7.66. The molecule has 0 radical (unpaired) electrons. The van der Waals surface area contributed by atoms with Gasteiger partial charge in [0.05, 0.1) is 0 Å². The number of alkyl halides is 1. The third-order valence-electron chi connectivity index (χ3n) is 3.54. The summed E-state index contributed by atoms with van der Waals surface area (Å²) < 4.78 is 6.16. The molecule has 21 heavy (non-hydrogen) atoms. The van der Waals surface area contributed by atoms with E-state index < -0.39 is 0 Å². The zero-order valence-corrected chi connectivity index (χ0v) is 12.5. The second kappa shape index (κ2) is 6.64. The maximum absolute atomic E-state index is 6.16. The molecule has 0 spiro atoms. The van der Waals surface area contributed by atoms with Crippen molar-refractivity contribution in [3.05, 3.63) is 78.4 Å². The molecule has 0 N–H and O–H groups in total. The zero-order chi connectivity index (χ0) is 14.5. The summed E-state index contributed by atoms with van der Waals surface area (Å²) in [6.45, 7) is 0. The van der Waals surface area contributed by atoms with E-state index in [2.05, 4.69) is 36.4 Å². The van der Waals surface area contributed by atoms with Crippen LogP contribution in [0.5, 0.6) is 5.75 Å². The fraction of sp³-hybridized carbons (Fsp3) is 0.158. The Morgan fingerprint density at radius 1 is 0.810 bits per heavy atom. The SMILES string of the molecule is ClCCC(Oc1ccc2ccccc2c1)c1ccccc1. The fourth-order valence-electron chi connectivity index (χ4n) is 2.47.